The summed E-state index contributed by atoms with van der Waals surface area (Å²) in [5.41, 5.74) is 5.94. The van der Waals surface area contributed by atoms with Gasteiger partial charge in [0.25, 0.3) is 0 Å². The van der Waals surface area contributed by atoms with E-state index in [4.69, 9.17) is 10.5 Å². The van der Waals surface area contributed by atoms with Gasteiger partial charge in [0.1, 0.15) is 11.6 Å². The van der Waals surface area contributed by atoms with Crippen LogP contribution in [0.5, 0.6) is 5.75 Å². The van der Waals surface area contributed by atoms with Crippen LogP contribution in [0.1, 0.15) is 32.6 Å². The average molecular weight is 263 g/mol. The van der Waals surface area contributed by atoms with Crippen LogP contribution in [0.25, 0.3) is 0 Å². The summed E-state index contributed by atoms with van der Waals surface area (Å²) < 4.78 is 5.17. The highest BCUT2D eigenvalue weighted by molar-refractivity contribution is 5.42. The Balaban J connectivity index is 2.17. The maximum Gasteiger partial charge on any atom is 0.137 e. The van der Waals surface area contributed by atoms with E-state index in [1.54, 1.807) is 13.3 Å². The lowest BCUT2D eigenvalue weighted by atomic mass is 9.83. The summed E-state index contributed by atoms with van der Waals surface area (Å²) in [6.07, 6.45) is 6.87. The first-order chi connectivity index (χ1) is 9.30. The zero-order valence-corrected chi connectivity index (χ0v) is 12.0. The predicted octanol–water partition coefficient (Wildman–Crippen LogP) is 2.43. The van der Waals surface area contributed by atoms with Crippen molar-refractivity contribution in [3.8, 4) is 5.75 Å². The minimum atomic E-state index is 0.532. The monoisotopic (exact) mass is 263 g/mol. The first-order valence-electron chi connectivity index (χ1n) is 7.27. The van der Waals surface area contributed by atoms with Crippen LogP contribution in [0.3, 0.4) is 0 Å². The van der Waals surface area contributed by atoms with Crippen molar-refractivity contribution < 1.29 is 4.74 Å². The Kier molecular flexibility index (Phi) is 5.02. The van der Waals surface area contributed by atoms with Crippen LogP contribution < -0.4 is 15.4 Å². The van der Waals surface area contributed by atoms with Crippen molar-refractivity contribution in [2.24, 2.45) is 11.7 Å². The van der Waals surface area contributed by atoms with Gasteiger partial charge in [-0.1, -0.05) is 12.8 Å². The second-order valence-corrected chi connectivity index (χ2v) is 5.19. The molecule has 0 radical (unpaired) electrons. The highest BCUT2D eigenvalue weighted by Crippen LogP contribution is 2.30. The van der Waals surface area contributed by atoms with Gasteiger partial charge < -0.3 is 15.4 Å². The van der Waals surface area contributed by atoms with Crippen molar-refractivity contribution in [1.82, 2.24) is 4.98 Å². The molecule has 106 valence electrons. The smallest absolute Gasteiger partial charge is 0.137 e. The number of anilines is 1. The van der Waals surface area contributed by atoms with E-state index < -0.39 is 0 Å². The Hall–Kier alpha value is -1.29. The molecule has 1 heterocycles. The molecule has 1 aromatic rings. The number of methoxy groups -OCH3 is 1. The fourth-order valence-corrected chi connectivity index (χ4v) is 3.10. The Morgan fingerprint density at radius 1 is 1.37 bits per heavy atom. The number of nitrogens with zero attached hydrogens (tertiary/aromatic N) is 2. The van der Waals surface area contributed by atoms with Gasteiger partial charge in [-0.25, -0.2) is 4.98 Å². The summed E-state index contributed by atoms with van der Waals surface area (Å²) >= 11 is 0. The van der Waals surface area contributed by atoms with E-state index in [-0.39, 0.29) is 0 Å². The minimum absolute atomic E-state index is 0.532. The Morgan fingerprint density at radius 3 is 2.74 bits per heavy atom. The van der Waals surface area contributed by atoms with Crippen LogP contribution in [0, 0.1) is 5.92 Å². The lowest BCUT2D eigenvalue weighted by molar-refractivity contribution is 0.299. The van der Waals surface area contributed by atoms with Gasteiger partial charge in [0.15, 0.2) is 0 Å². The summed E-state index contributed by atoms with van der Waals surface area (Å²) in [6.45, 7) is 3.94. The molecule has 1 fully saturated rings. The van der Waals surface area contributed by atoms with Gasteiger partial charge in [-0.2, -0.15) is 0 Å². The SMILES string of the molecule is CCN(c1ccc(OC)cn1)C1CCCCC1CN. The molecule has 0 amide bonds. The maximum atomic E-state index is 5.94. The van der Waals surface area contributed by atoms with Crippen molar-refractivity contribution >= 4 is 5.82 Å². The molecule has 0 bridgehead atoms. The second-order valence-electron chi connectivity index (χ2n) is 5.19. The molecule has 2 unspecified atom stereocenters. The number of hydrogen-bond acceptors (Lipinski definition) is 4. The van der Waals surface area contributed by atoms with Crippen LogP contribution in [-0.4, -0.2) is 31.2 Å². The van der Waals surface area contributed by atoms with E-state index in [1.165, 1.54) is 25.7 Å². The van der Waals surface area contributed by atoms with Crippen molar-refractivity contribution in [3.05, 3.63) is 18.3 Å². The van der Waals surface area contributed by atoms with Gasteiger partial charge >= 0.3 is 0 Å². The van der Waals surface area contributed by atoms with Gasteiger partial charge in [0.2, 0.25) is 0 Å². The zero-order chi connectivity index (χ0) is 13.7. The van der Waals surface area contributed by atoms with Gasteiger partial charge in [0.05, 0.1) is 13.3 Å². The zero-order valence-electron chi connectivity index (χ0n) is 12.0. The first-order valence-corrected chi connectivity index (χ1v) is 7.27. The van der Waals surface area contributed by atoms with E-state index in [0.29, 0.717) is 12.0 Å². The molecule has 4 heteroatoms. The van der Waals surface area contributed by atoms with Crippen molar-refractivity contribution in [1.29, 1.82) is 0 Å². The maximum absolute atomic E-state index is 5.94. The van der Waals surface area contributed by atoms with Crippen molar-refractivity contribution in [3.63, 3.8) is 0 Å². The Morgan fingerprint density at radius 2 is 2.16 bits per heavy atom. The second kappa shape index (κ2) is 6.75. The number of nitrogens with two attached hydrogens (primary N) is 1. The molecular formula is C15H25N3O. The van der Waals surface area contributed by atoms with E-state index >= 15 is 0 Å². The Bertz CT molecular complexity index is 379. The molecule has 0 spiro atoms. The van der Waals surface area contributed by atoms with Crippen LogP contribution in [0.4, 0.5) is 5.82 Å². The van der Waals surface area contributed by atoms with Crippen molar-refractivity contribution in [2.45, 2.75) is 38.6 Å². The molecular weight excluding hydrogens is 238 g/mol. The number of rotatable bonds is 5. The van der Waals surface area contributed by atoms with Gasteiger partial charge in [-0.05, 0) is 44.4 Å². The third kappa shape index (κ3) is 3.18. The molecule has 1 aliphatic carbocycles. The topological polar surface area (TPSA) is 51.4 Å². The quantitative estimate of drug-likeness (QED) is 0.886. The number of ether oxygens (including phenoxy) is 1. The third-order valence-corrected chi connectivity index (χ3v) is 4.16. The highest BCUT2D eigenvalue weighted by atomic mass is 16.5. The normalized spacial score (nSPS) is 23.1. The highest BCUT2D eigenvalue weighted by Gasteiger charge is 2.29. The lowest BCUT2D eigenvalue weighted by Crippen LogP contribution is -2.45. The first kappa shape index (κ1) is 14.1. The molecule has 2 atom stereocenters. The number of hydrogen-bond donors (Lipinski definition) is 1. The third-order valence-electron chi connectivity index (χ3n) is 4.16. The molecule has 19 heavy (non-hydrogen) atoms. The van der Waals surface area contributed by atoms with E-state index in [2.05, 4.69) is 16.8 Å². The minimum Gasteiger partial charge on any atom is -0.495 e. The summed E-state index contributed by atoms with van der Waals surface area (Å²) in [5.74, 6) is 2.44. The van der Waals surface area contributed by atoms with Crippen LogP contribution in [0.15, 0.2) is 18.3 Å². The van der Waals surface area contributed by atoms with Crippen molar-refractivity contribution in [2.75, 3.05) is 25.1 Å². The van der Waals surface area contributed by atoms with E-state index in [0.717, 1.165) is 24.7 Å². The predicted molar refractivity (Wildman–Crippen MR) is 78.6 cm³/mol. The van der Waals surface area contributed by atoms with Crippen LogP contribution >= 0.6 is 0 Å². The summed E-state index contributed by atoms with van der Waals surface area (Å²) in [6, 6.07) is 4.56. The summed E-state index contributed by atoms with van der Waals surface area (Å²) in [5, 5.41) is 0. The van der Waals surface area contributed by atoms with Gasteiger partial charge in [-0.15, -0.1) is 0 Å². The fourth-order valence-electron chi connectivity index (χ4n) is 3.10. The average Bonchev–Trinajstić information content (AvgIpc) is 2.49. The van der Waals surface area contributed by atoms with Gasteiger partial charge in [0, 0.05) is 12.6 Å². The Labute approximate surface area is 116 Å². The molecule has 0 aliphatic heterocycles. The molecule has 0 saturated heterocycles. The summed E-state index contributed by atoms with van der Waals surface area (Å²) in [4.78, 5) is 6.92. The van der Waals surface area contributed by atoms with E-state index in [1.807, 2.05) is 12.1 Å². The molecule has 2 N–H and O–H groups in total. The van der Waals surface area contributed by atoms with Gasteiger partial charge in [-0.3, -0.25) is 0 Å². The van der Waals surface area contributed by atoms with Crippen LogP contribution in [0.2, 0.25) is 0 Å². The molecule has 2 rings (SSSR count). The number of pyridine rings is 1. The lowest BCUT2D eigenvalue weighted by Gasteiger charge is -2.40. The number of aromatic nitrogens is 1. The molecule has 1 aromatic heterocycles. The van der Waals surface area contributed by atoms with E-state index in [9.17, 15) is 0 Å². The molecule has 1 aliphatic rings. The molecule has 1 saturated carbocycles. The fraction of sp³-hybridized carbons (Fsp3) is 0.667. The van der Waals surface area contributed by atoms with Crippen LogP contribution in [-0.2, 0) is 0 Å². The molecule has 4 nitrogen and oxygen atoms in total. The summed E-state index contributed by atoms with van der Waals surface area (Å²) in [7, 11) is 1.67. The standard InChI is InChI=1S/C15H25N3O/c1-3-18(14-7-5-4-6-12(14)10-16)15-9-8-13(19-2)11-17-15/h8-9,11-12,14H,3-7,10,16H2,1-2H3. The largest absolute Gasteiger partial charge is 0.495 e. The molecule has 0 aromatic carbocycles.